The lowest BCUT2D eigenvalue weighted by molar-refractivity contribution is -0.0751. The predicted octanol–water partition coefficient (Wildman–Crippen LogP) is 1.37. The van der Waals surface area contributed by atoms with Crippen molar-refractivity contribution in [2.24, 2.45) is 0 Å². The van der Waals surface area contributed by atoms with Crippen molar-refractivity contribution in [1.29, 1.82) is 0 Å². The number of aromatic nitrogens is 1. The first-order chi connectivity index (χ1) is 8.78. The summed E-state index contributed by atoms with van der Waals surface area (Å²) >= 11 is 0. The minimum absolute atomic E-state index is 0.00107. The van der Waals surface area contributed by atoms with Crippen LogP contribution in [0.15, 0.2) is 12.1 Å². The van der Waals surface area contributed by atoms with Crippen LogP contribution < -0.4 is 10.6 Å². The fraction of sp³-hybridized carbons (Fsp3) is 0.538. The molecule has 19 heavy (non-hydrogen) atoms. The van der Waals surface area contributed by atoms with Crippen LogP contribution in [0, 0.1) is 0 Å². The van der Waals surface area contributed by atoms with Gasteiger partial charge in [-0.3, -0.25) is 0 Å². The lowest BCUT2D eigenvalue weighted by Gasteiger charge is -2.42. The molecule has 0 aliphatic carbocycles. The van der Waals surface area contributed by atoms with E-state index in [1.165, 1.54) is 6.07 Å². The number of hydrogen-bond donors (Lipinski definition) is 2. The topological polar surface area (TPSA) is 88.7 Å². The molecule has 1 atom stereocenters. The Kier molecular flexibility index (Phi) is 3.36. The van der Waals surface area contributed by atoms with E-state index in [1.54, 1.807) is 6.07 Å². The second-order valence-corrected chi connectivity index (χ2v) is 5.48. The number of ether oxygens (including phenoxy) is 1. The van der Waals surface area contributed by atoms with Gasteiger partial charge in [-0.1, -0.05) is 0 Å². The molecule has 1 fully saturated rings. The van der Waals surface area contributed by atoms with Crippen molar-refractivity contribution in [3.8, 4) is 0 Å². The van der Waals surface area contributed by atoms with E-state index in [-0.39, 0.29) is 17.4 Å². The summed E-state index contributed by atoms with van der Waals surface area (Å²) < 4.78 is 5.82. The van der Waals surface area contributed by atoms with E-state index in [9.17, 15) is 4.79 Å². The zero-order valence-corrected chi connectivity index (χ0v) is 11.4. The summed E-state index contributed by atoms with van der Waals surface area (Å²) in [5.41, 5.74) is 6.08. The summed E-state index contributed by atoms with van der Waals surface area (Å²) in [5.74, 6) is -0.537. The highest BCUT2D eigenvalue weighted by Crippen LogP contribution is 2.28. The maximum Gasteiger partial charge on any atom is 0.354 e. The van der Waals surface area contributed by atoms with Gasteiger partial charge in [0.25, 0.3) is 0 Å². The molecule has 1 aromatic heterocycles. The third-order valence-corrected chi connectivity index (χ3v) is 2.99. The van der Waals surface area contributed by atoms with Gasteiger partial charge in [-0.2, -0.15) is 0 Å². The number of anilines is 2. The molecule has 3 N–H and O–H groups in total. The highest BCUT2D eigenvalue weighted by Gasteiger charge is 2.32. The third kappa shape index (κ3) is 2.96. The largest absolute Gasteiger partial charge is 0.477 e. The maximum atomic E-state index is 11.0. The van der Waals surface area contributed by atoms with Gasteiger partial charge in [-0.15, -0.1) is 0 Å². The van der Waals surface area contributed by atoms with Crippen molar-refractivity contribution >= 4 is 17.5 Å². The van der Waals surface area contributed by atoms with Gasteiger partial charge in [-0.25, -0.2) is 9.78 Å². The number of carboxylic acids is 1. The molecule has 2 heterocycles. The van der Waals surface area contributed by atoms with Crippen molar-refractivity contribution < 1.29 is 14.6 Å². The van der Waals surface area contributed by atoms with E-state index in [4.69, 9.17) is 15.6 Å². The first-order valence-electron chi connectivity index (χ1n) is 6.21. The summed E-state index contributed by atoms with van der Waals surface area (Å²) in [7, 11) is 0. The van der Waals surface area contributed by atoms with Crippen LogP contribution in [-0.4, -0.2) is 40.9 Å². The van der Waals surface area contributed by atoms with Gasteiger partial charge in [-0.05, 0) is 32.9 Å². The molecule has 1 saturated heterocycles. The number of rotatable bonds is 2. The van der Waals surface area contributed by atoms with E-state index in [0.717, 1.165) is 0 Å². The Morgan fingerprint density at radius 2 is 2.26 bits per heavy atom. The number of carboxylic acid groups (broad SMARTS) is 1. The number of aromatic carboxylic acids is 1. The van der Waals surface area contributed by atoms with Crippen LogP contribution in [0.3, 0.4) is 0 Å². The summed E-state index contributed by atoms with van der Waals surface area (Å²) in [6.07, 6.45) is 0.0402. The summed E-state index contributed by atoms with van der Waals surface area (Å²) in [6.45, 7) is 7.23. The van der Waals surface area contributed by atoms with Crippen molar-refractivity contribution in [2.75, 3.05) is 23.7 Å². The molecular formula is C13H19N3O3. The number of carbonyl (C=O) groups is 1. The second-order valence-electron chi connectivity index (χ2n) is 5.48. The van der Waals surface area contributed by atoms with Crippen LogP contribution in [0.25, 0.3) is 0 Å². The lowest BCUT2D eigenvalue weighted by atomic mass is 10.1. The highest BCUT2D eigenvalue weighted by atomic mass is 16.5. The van der Waals surface area contributed by atoms with Gasteiger partial charge in [0.1, 0.15) is 0 Å². The summed E-state index contributed by atoms with van der Waals surface area (Å²) in [6, 6.07) is 3.00. The Bertz CT molecular complexity index is 502. The molecule has 1 aromatic rings. The average Bonchev–Trinajstić information content (AvgIpc) is 2.26. The molecule has 6 nitrogen and oxygen atoms in total. The van der Waals surface area contributed by atoms with Gasteiger partial charge in [0.15, 0.2) is 11.5 Å². The Labute approximate surface area is 112 Å². The molecule has 0 amide bonds. The van der Waals surface area contributed by atoms with E-state index in [2.05, 4.69) is 4.98 Å². The first-order valence-corrected chi connectivity index (χ1v) is 6.21. The minimum atomic E-state index is -1.05. The van der Waals surface area contributed by atoms with Crippen LogP contribution in [0.4, 0.5) is 11.5 Å². The maximum absolute atomic E-state index is 11.0. The fourth-order valence-electron chi connectivity index (χ4n) is 2.45. The number of morpholine rings is 1. The van der Waals surface area contributed by atoms with Gasteiger partial charge < -0.3 is 20.5 Å². The van der Waals surface area contributed by atoms with Gasteiger partial charge >= 0.3 is 5.97 Å². The van der Waals surface area contributed by atoms with Gasteiger partial charge in [0.2, 0.25) is 0 Å². The number of nitrogen functional groups attached to an aromatic ring is 1. The zero-order valence-electron chi connectivity index (χ0n) is 11.4. The molecule has 2 rings (SSSR count). The van der Waals surface area contributed by atoms with Crippen LogP contribution in [0.1, 0.15) is 31.3 Å². The third-order valence-electron chi connectivity index (χ3n) is 2.99. The molecule has 0 spiro atoms. The molecule has 0 saturated carbocycles. The van der Waals surface area contributed by atoms with Crippen molar-refractivity contribution in [2.45, 2.75) is 32.5 Å². The lowest BCUT2D eigenvalue weighted by Crippen LogP contribution is -2.52. The quantitative estimate of drug-likeness (QED) is 0.839. The van der Waals surface area contributed by atoms with Crippen molar-refractivity contribution in [1.82, 2.24) is 4.98 Å². The first kappa shape index (κ1) is 13.6. The molecule has 1 unspecified atom stereocenters. The SMILES string of the molecule is CC1CN(c2nc(C(=O)O)ccc2N)CC(C)(C)O1. The van der Waals surface area contributed by atoms with E-state index < -0.39 is 5.97 Å². The monoisotopic (exact) mass is 265 g/mol. The summed E-state index contributed by atoms with van der Waals surface area (Å²) in [5, 5.41) is 9.01. The zero-order chi connectivity index (χ0) is 14.2. The molecule has 1 aliphatic heterocycles. The average molecular weight is 265 g/mol. The Morgan fingerprint density at radius 1 is 1.58 bits per heavy atom. The smallest absolute Gasteiger partial charge is 0.354 e. The highest BCUT2D eigenvalue weighted by molar-refractivity contribution is 5.87. The molecule has 0 radical (unpaired) electrons. The molecule has 1 aliphatic rings. The van der Waals surface area contributed by atoms with Crippen LogP contribution >= 0.6 is 0 Å². The molecule has 0 aromatic carbocycles. The minimum Gasteiger partial charge on any atom is -0.477 e. The van der Waals surface area contributed by atoms with Crippen molar-refractivity contribution in [3.05, 3.63) is 17.8 Å². The Hall–Kier alpha value is -1.82. The standard InChI is InChI=1S/C13H19N3O3/c1-8-6-16(7-13(2,3)19-8)11-9(14)4-5-10(15-11)12(17)18/h4-5,8H,6-7,14H2,1-3H3,(H,17,18). The number of hydrogen-bond acceptors (Lipinski definition) is 5. The number of nitrogens with two attached hydrogens (primary N) is 1. The van der Waals surface area contributed by atoms with E-state index >= 15 is 0 Å². The van der Waals surface area contributed by atoms with E-state index in [1.807, 2.05) is 25.7 Å². The number of nitrogens with zero attached hydrogens (tertiary/aromatic N) is 2. The second kappa shape index (κ2) is 4.70. The Balaban J connectivity index is 2.35. The van der Waals surface area contributed by atoms with Crippen LogP contribution in [-0.2, 0) is 4.74 Å². The van der Waals surface area contributed by atoms with Gasteiger partial charge in [0, 0.05) is 13.1 Å². The number of pyridine rings is 1. The predicted molar refractivity (Wildman–Crippen MR) is 72.4 cm³/mol. The normalized spacial score (nSPS) is 22.3. The molecule has 104 valence electrons. The van der Waals surface area contributed by atoms with Crippen molar-refractivity contribution in [3.63, 3.8) is 0 Å². The molecular weight excluding hydrogens is 246 g/mol. The fourth-order valence-corrected chi connectivity index (χ4v) is 2.45. The molecule has 0 bridgehead atoms. The van der Waals surface area contributed by atoms with Crippen LogP contribution in [0.2, 0.25) is 0 Å². The molecule has 6 heteroatoms. The Morgan fingerprint density at radius 3 is 2.84 bits per heavy atom. The van der Waals surface area contributed by atoms with Crippen LogP contribution in [0.5, 0.6) is 0 Å². The van der Waals surface area contributed by atoms with E-state index in [0.29, 0.717) is 24.6 Å². The van der Waals surface area contributed by atoms with Gasteiger partial charge in [0.05, 0.1) is 17.4 Å². The summed E-state index contributed by atoms with van der Waals surface area (Å²) in [4.78, 5) is 17.1.